The summed E-state index contributed by atoms with van der Waals surface area (Å²) in [7, 11) is 0. The summed E-state index contributed by atoms with van der Waals surface area (Å²) in [4.78, 5) is 19.3. The molecule has 0 N–H and O–H groups in total. The molecule has 7 heteroatoms. The zero-order valence-corrected chi connectivity index (χ0v) is 16.3. The van der Waals surface area contributed by atoms with Gasteiger partial charge in [-0.3, -0.25) is 0 Å². The summed E-state index contributed by atoms with van der Waals surface area (Å²) in [6.45, 7) is 7.73. The van der Waals surface area contributed by atoms with E-state index in [4.69, 9.17) is 21.1 Å². The molecule has 1 saturated heterocycles. The number of ether oxygens (including phenoxy) is 2. The number of nitrogens with zero attached hydrogens (tertiary/aromatic N) is 2. The molecule has 1 fully saturated rings. The van der Waals surface area contributed by atoms with Gasteiger partial charge in [-0.05, 0) is 52.9 Å². The molecule has 0 saturated carbocycles. The average molecular weight is 375 g/mol. The number of likely N-dealkylation sites (tertiary alicyclic amines) is 1. The summed E-state index contributed by atoms with van der Waals surface area (Å²) >= 11 is 7.24. The van der Waals surface area contributed by atoms with Crippen molar-refractivity contribution in [2.75, 3.05) is 13.2 Å². The lowest BCUT2D eigenvalue weighted by atomic mass is 9.98. The van der Waals surface area contributed by atoms with Gasteiger partial charge in [0.25, 0.3) is 0 Å². The Hall–Kier alpha value is -0.850. The molecular formula is C17H27ClN2O3S. The van der Waals surface area contributed by atoms with E-state index in [1.54, 1.807) is 6.20 Å². The Kier molecular flexibility index (Phi) is 7.32. The largest absolute Gasteiger partial charge is 0.444 e. The van der Waals surface area contributed by atoms with Crippen molar-refractivity contribution in [1.29, 1.82) is 0 Å². The highest BCUT2D eigenvalue weighted by Gasteiger charge is 2.29. The van der Waals surface area contributed by atoms with E-state index in [1.807, 2.05) is 25.7 Å². The van der Waals surface area contributed by atoms with Gasteiger partial charge in [0.1, 0.15) is 5.60 Å². The summed E-state index contributed by atoms with van der Waals surface area (Å²) in [6, 6.07) is 0.259. The van der Waals surface area contributed by atoms with Gasteiger partial charge in [-0.1, -0.05) is 11.6 Å². The van der Waals surface area contributed by atoms with Crippen LogP contribution in [0, 0.1) is 0 Å². The molecule has 1 aromatic rings. The van der Waals surface area contributed by atoms with Gasteiger partial charge in [0, 0.05) is 25.4 Å². The molecule has 0 aromatic carbocycles. The summed E-state index contributed by atoms with van der Waals surface area (Å²) in [5.74, 6) is 0. The van der Waals surface area contributed by atoms with Crippen molar-refractivity contribution < 1.29 is 14.3 Å². The van der Waals surface area contributed by atoms with Gasteiger partial charge >= 0.3 is 6.09 Å². The van der Waals surface area contributed by atoms with Gasteiger partial charge in [-0.15, -0.1) is 11.3 Å². The second-order valence-corrected chi connectivity index (χ2v) is 8.80. The zero-order valence-electron chi connectivity index (χ0n) is 14.7. The number of halogens is 1. The highest BCUT2D eigenvalue weighted by molar-refractivity contribution is 7.15. The first kappa shape index (κ1) is 19.5. The molecule has 1 aromatic heterocycles. The molecule has 24 heavy (non-hydrogen) atoms. The number of rotatable bonds is 6. The van der Waals surface area contributed by atoms with Crippen LogP contribution in [0.25, 0.3) is 0 Å². The van der Waals surface area contributed by atoms with Crippen LogP contribution in [0.1, 0.15) is 57.8 Å². The first-order valence-electron chi connectivity index (χ1n) is 8.53. The van der Waals surface area contributed by atoms with Crippen LogP contribution in [-0.2, 0) is 16.1 Å². The number of aromatic nitrogens is 1. The fourth-order valence-electron chi connectivity index (χ4n) is 2.81. The molecule has 0 spiro atoms. The summed E-state index contributed by atoms with van der Waals surface area (Å²) in [6.07, 6.45) is 6.71. The van der Waals surface area contributed by atoms with E-state index in [-0.39, 0.29) is 12.1 Å². The maximum absolute atomic E-state index is 12.4. The van der Waals surface area contributed by atoms with Crippen LogP contribution in [0.4, 0.5) is 4.79 Å². The third-order valence-corrected chi connectivity index (χ3v) is 4.94. The van der Waals surface area contributed by atoms with Crippen molar-refractivity contribution in [3.05, 3.63) is 15.5 Å². The summed E-state index contributed by atoms with van der Waals surface area (Å²) in [5.41, 5.74) is -0.446. The van der Waals surface area contributed by atoms with Crippen molar-refractivity contribution in [3.8, 4) is 0 Å². The first-order chi connectivity index (χ1) is 11.3. The maximum Gasteiger partial charge on any atom is 0.410 e. The Bertz CT molecular complexity index is 530. The van der Waals surface area contributed by atoms with Gasteiger partial charge in [0.15, 0.2) is 4.47 Å². The minimum Gasteiger partial charge on any atom is -0.444 e. The van der Waals surface area contributed by atoms with Crippen molar-refractivity contribution in [1.82, 2.24) is 9.88 Å². The Morgan fingerprint density at radius 3 is 2.92 bits per heavy atom. The van der Waals surface area contributed by atoms with Crippen LogP contribution >= 0.6 is 22.9 Å². The number of carbonyl (C=O) groups excluding carboxylic acids is 1. The second kappa shape index (κ2) is 9.02. The highest BCUT2D eigenvalue weighted by atomic mass is 35.5. The van der Waals surface area contributed by atoms with Crippen LogP contribution in [0.2, 0.25) is 4.47 Å². The van der Waals surface area contributed by atoms with Gasteiger partial charge in [-0.25, -0.2) is 9.78 Å². The maximum atomic E-state index is 12.4. The lowest BCUT2D eigenvalue weighted by Crippen LogP contribution is -2.46. The topological polar surface area (TPSA) is 51.7 Å². The number of thiazole rings is 1. The van der Waals surface area contributed by atoms with Crippen LogP contribution in [0.5, 0.6) is 0 Å². The Balaban J connectivity index is 1.71. The molecule has 2 heterocycles. The average Bonchev–Trinajstić information content (AvgIpc) is 2.91. The summed E-state index contributed by atoms with van der Waals surface area (Å²) in [5, 5.41) is 0. The van der Waals surface area contributed by atoms with Crippen LogP contribution in [0.3, 0.4) is 0 Å². The summed E-state index contributed by atoms with van der Waals surface area (Å²) < 4.78 is 11.8. The van der Waals surface area contributed by atoms with E-state index in [0.29, 0.717) is 17.7 Å². The monoisotopic (exact) mass is 374 g/mol. The molecule has 0 radical (unpaired) electrons. The fourth-order valence-corrected chi connectivity index (χ4v) is 3.72. The molecule has 0 bridgehead atoms. The lowest BCUT2D eigenvalue weighted by molar-refractivity contribution is 0.00728. The molecule has 1 amide bonds. The van der Waals surface area contributed by atoms with Gasteiger partial charge in [-0.2, -0.15) is 0 Å². The molecular weight excluding hydrogens is 348 g/mol. The molecule has 2 rings (SSSR count). The molecule has 5 nitrogen and oxygen atoms in total. The first-order valence-corrected chi connectivity index (χ1v) is 9.72. The SMILES string of the molecule is CC(C)(C)OC(=O)N1CCCCC1CCCOCc1cnc(Cl)s1. The van der Waals surface area contributed by atoms with E-state index < -0.39 is 5.60 Å². The molecule has 0 aliphatic carbocycles. The molecule has 1 aliphatic heterocycles. The second-order valence-electron chi connectivity index (χ2n) is 7.10. The van der Waals surface area contributed by atoms with Gasteiger partial charge in [0.2, 0.25) is 0 Å². The van der Waals surface area contributed by atoms with Crippen molar-refractivity contribution in [2.45, 2.75) is 71.1 Å². The van der Waals surface area contributed by atoms with Gasteiger partial charge < -0.3 is 14.4 Å². The minimum atomic E-state index is -0.446. The predicted molar refractivity (Wildman–Crippen MR) is 96.6 cm³/mol. The van der Waals surface area contributed by atoms with Gasteiger partial charge in [0.05, 0.1) is 11.5 Å². The Labute approximate surface area is 153 Å². The quantitative estimate of drug-likeness (QED) is 0.665. The number of carbonyl (C=O) groups is 1. The molecule has 1 unspecified atom stereocenters. The van der Waals surface area contributed by atoms with Crippen molar-refractivity contribution >= 4 is 29.0 Å². The van der Waals surface area contributed by atoms with Crippen molar-refractivity contribution in [2.24, 2.45) is 0 Å². The fraction of sp³-hybridized carbons (Fsp3) is 0.765. The van der Waals surface area contributed by atoms with E-state index in [0.717, 1.165) is 37.1 Å². The molecule has 1 atom stereocenters. The minimum absolute atomic E-state index is 0.188. The third-order valence-electron chi connectivity index (χ3n) is 3.85. The predicted octanol–water partition coefficient (Wildman–Crippen LogP) is 4.88. The van der Waals surface area contributed by atoms with Crippen molar-refractivity contribution in [3.63, 3.8) is 0 Å². The van der Waals surface area contributed by atoms with E-state index in [9.17, 15) is 4.79 Å². The van der Waals surface area contributed by atoms with Crippen LogP contribution in [0.15, 0.2) is 6.20 Å². The number of hydrogen-bond acceptors (Lipinski definition) is 5. The van der Waals surface area contributed by atoms with E-state index in [1.165, 1.54) is 17.8 Å². The Morgan fingerprint density at radius 2 is 2.25 bits per heavy atom. The number of amides is 1. The molecule has 136 valence electrons. The third kappa shape index (κ3) is 6.57. The normalized spacial score (nSPS) is 18.7. The van der Waals surface area contributed by atoms with Crippen LogP contribution < -0.4 is 0 Å². The number of hydrogen-bond donors (Lipinski definition) is 0. The highest BCUT2D eigenvalue weighted by Crippen LogP contribution is 2.24. The lowest BCUT2D eigenvalue weighted by Gasteiger charge is -2.36. The smallest absolute Gasteiger partial charge is 0.410 e. The van der Waals surface area contributed by atoms with E-state index in [2.05, 4.69) is 4.98 Å². The standard InChI is InChI=1S/C17H27ClN2O3S/c1-17(2,3)23-16(21)20-9-5-4-7-13(20)8-6-10-22-12-14-11-19-15(18)24-14/h11,13H,4-10,12H2,1-3H3. The Morgan fingerprint density at radius 1 is 1.46 bits per heavy atom. The van der Waals surface area contributed by atoms with E-state index >= 15 is 0 Å². The van der Waals surface area contributed by atoms with Crippen LogP contribution in [-0.4, -0.2) is 40.8 Å². The number of piperidine rings is 1. The molecule has 1 aliphatic rings. The zero-order chi connectivity index (χ0) is 17.6.